The number of phenolic OH excluding ortho intramolecular Hbond substituents is 1. The Balaban J connectivity index is 2.35. The average molecular weight is 216 g/mol. The Morgan fingerprint density at radius 3 is 2.25 bits per heavy atom. The van der Waals surface area contributed by atoms with E-state index in [0.717, 1.165) is 5.56 Å². The second-order valence-electron chi connectivity index (χ2n) is 3.83. The summed E-state index contributed by atoms with van der Waals surface area (Å²) >= 11 is 0. The van der Waals surface area contributed by atoms with E-state index in [9.17, 15) is 9.50 Å². The lowest BCUT2D eigenvalue weighted by Crippen LogP contribution is -1.98. The van der Waals surface area contributed by atoms with Crippen LogP contribution in [0.5, 0.6) is 5.75 Å². The lowest BCUT2D eigenvalue weighted by atomic mass is 9.93. The number of hydrogen-bond acceptors (Lipinski definition) is 1. The topological polar surface area (TPSA) is 20.2 Å². The van der Waals surface area contributed by atoms with Crippen molar-refractivity contribution < 1.29 is 9.50 Å². The van der Waals surface area contributed by atoms with Crippen LogP contribution in [0.2, 0.25) is 0 Å². The van der Waals surface area contributed by atoms with Crippen LogP contribution in [0.15, 0.2) is 48.5 Å². The highest BCUT2D eigenvalue weighted by Gasteiger charge is 2.11. The first-order valence-electron chi connectivity index (χ1n) is 5.22. The van der Waals surface area contributed by atoms with E-state index in [1.165, 1.54) is 6.07 Å². The number of benzene rings is 2. The molecule has 2 rings (SSSR count). The molecule has 1 unspecified atom stereocenters. The van der Waals surface area contributed by atoms with Crippen LogP contribution in [0.25, 0.3) is 0 Å². The molecule has 0 amide bonds. The van der Waals surface area contributed by atoms with Gasteiger partial charge in [-0.25, -0.2) is 4.39 Å². The summed E-state index contributed by atoms with van der Waals surface area (Å²) in [6.07, 6.45) is 0. The third kappa shape index (κ3) is 2.06. The van der Waals surface area contributed by atoms with Crippen molar-refractivity contribution in [3.63, 3.8) is 0 Å². The van der Waals surface area contributed by atoms with E-state index in [-0.39, 0.29) is 17.5 Å². The predicted molar refractivity (Wildman–Crippen MR) is 62.0 cm³/mol. The molecule has 0 spiro atoms. The maximum absolute atomic E-state index is 13.6. The smallest absolute Gasteiger partial charge is 0.127 e. The summed E-state index contributed by atoms with van der Waals surface area (Å²) in [6.45, 7) is 1.95. The van der Waals surface area contributed by atoms with E-state index in [2.05, 4.69) is 0 Å². The molecule has 1 N–H and O–H groups in total. The van der Waals surface area contributed by atoms with Gasteiger partial charge in [0.05, 0.1) is 0 Å². The van der Waals surface area contributed by atoms with E-state index in [1.807, 2.05) is 25.1 Å². The molecule has 1 nitrogen and oxygen atoms in total. The predicted octanol–water partition coefficient (Wildman–Crippen LogP) is 3.68. The van der Waals surface area contributed by atoms with Crippen LogP contribution in [0.3, 0.4) is 0 Å². The summed E-state index contributed by atoms with van der Waals surface area (Å²) in [6, 6.07) is 13.6. The van der Waals surface area contributed by atoms with E-state index in [4.69, 9.17) is 0 Å². The van der Waals surface area contributed by atoms with Gasteiger partial charge >= 0.3 is 0 Å². The quantitative estimate of drug-likeness (QED) is 0.811. The first-order valence-corrected chi connectivity index (χ1v) is 5.22. The molecule has 0 saturated carbocycles. The van der Waals surface area contributed by atoms with E-state index >= 15 is 0 Å². The molecule has 0 aliphatic heterocycles. The summed E-state index contributed by atoms with van der Waals surface area (Å²) in [7, 11) is 0. The normalized spacial score (nSPS) is 12.4. The Morgan fingerprint density at radius 1 is 1.00 bits per heavy atom. The van der Waals surface area contributed by atoms with Gasteiger partial charge in [-0.3, -0.25) is 0 Å². The van der Waals surface area contributed by atoms with Crippen LogP contribution in [-0.4, -0.2) is 5.11 Å². The zero-order chi connectivity index (χ0) is 11.5. The standard InChI is InChI=1S/C14H13FO/c1-10(11-6-8-12(16)9-7-11)13-4-2-3-5-14(13)15/h2-10,16H,1H3. The first kappa shape index (κ1) is 10.7. The molecule has 0 fully saturated rings. The fourth-order valence-electron chi connectivity index (χ4n) is 1.77. The highest BCUT2D eigenvalue weighted by atomic mass is 19.1. The van der Waals surface area contributed by atoms with Gasteiger partial charge in [-0.05, 0) is 29.3 Å². The fraction of sp³-hybridized carbons (Fsp3) is 0.143. The van der Waals surface area contributed by atoms with Crippen LogP contribution < -0.4 is 0 Å². The van der Waals surface area contributed by atoms with Crippen LogP contribution in [-0.2, 0) is 0 Å². The molecule has 0 aliphatic carbocycles. The molecule has 0 heterocycles. The van der Waals surface area contributed by atoms with Gasteiger partial charge in [0, 0.05) is 5.92 Å². The molecule has 82 valence electrons. The number of rotatable bonds is 2. The minimum atomic E-state index is -0.192. The number of aromatic hydroxyl groups is 1. The van der Waals surface area contributed by atoms with Gasteiger partial charge in [0.15, 0.2) is 0 Å². The van der Waals surface area contributed by atoms with Gasteiger partial charge in [0.1, 0.15) is 11.6 Å². The summed E-state index contributed by atoms with van der Waals surface area (Å²) < 4.78 is 13.6. The minimum Gasteiger partial charge on any atom is -0.508 e. The molecule has 16 heavy (non-hydrogen) atoms. The third-order valence-corrected chi connectivity index (χ3v) is 2.76. The maximum atomic E-state index is 13.6. The van der Waals surface area contributed by atoms with E-state index in [0.29, 0.717) is 5.56 Å². The molecule has 2 heteroatoms. The summed E-state index contributed by atoms with van der Waals surface area (Å²) in [5.74, 6) is 0.0226. The van der Waals surface area contributed by atoms with Gasteiger partial charge in [-0.1, -0.05) is 37.3 Å². The molecule has 0 saturated heterocycles. The molecule has 0 aromatic heterocycles. The Morgan fingerprint density at radius 2 is 1.62 bits per heavy atom. The van der Waals surface area contributed by atoms with Crippen molar-refractivity contribution in [3.05, 3.63) is 65.5 Å². The SMILES string of the molecule is CC(c1ccc(O)cc1)c1ccccc1F. The Bertz CT molecular complexity index is 476. The lowest BCUT2D eigenvalue weighted by Gasteiger charge is -2.13. The second kappa shape index (κ2) is 4.35. The molecule has 2 aromatic carbocycles. The van der Waals surface area contributed by atoms with Crippen molar-refractivity contribution in [1.82, 2.24) is 0 Å². The van der Waals surface area contributed by atoms with Gasteiger partial charge < -0.3 is 5.11 Å². The maximum Gasteiger partial charge on any atom is 0.127 e. The molecular formula is C14H13FO. The Labute approximate surface area is 94.2 Å². The second-order valence-corrected chi connectivity index (χ2v) is 3.83. The minimum absolute atomic E-state index is 0.0122. The van der Waals surface area contributed by atoms with E-state index < -0.39 is 0 Å². The van der Waals surface area contributed by atoms with Crippen molar-refractivity contribution in [2.45, 2.75) is 12.8 Å². The largest absolute Gasteiger partial charge is 0.508 e. The number of phenols is 1. The average Bonchev–Trinajstić information content (AvgIpc) is 2.30. The zero-order valence-corrected chi connectivity index (χ0v) is 9.02. The van der Waals surface area contributed by atoms with Crippen molar-refractivity contribution in [1.29, 1.82) is 0 Å². The van der Waals surface area contributed by atoms with Crippen LogP contribution in [0.1, 0.15) is 24.0 Å². The summed E-state index contributed by atoms with van der Waals surface area (Å²) in [5.41, 5.74) is 1.66. The molecule has 0 aliphatic rings. The monoisotopic (exact) mass is 216 g/mol. The number of hydrogen-bond donors (Lipinski definition) is 1. The Hall–Kier alpha value is -1.83. The summed E-state index contributed by atoms with van der Waals surface area (Å²) in [5, 5.41) is 9.19. The first-order chi connectivity index (χ1) is 7.68. The molecule has 2 aromatic rings. The Kier molecular flexibility index (Phi) is 2.91. The summed E-state index contributed by atoms with van der Waals surface area (Å²) in [4.78, 5) is 0. The fourth-order valence-corrected chi connectivity index (χ4v) is 1.77. The molecule has 0 bridgehead atoms. The number of halogens is 1. The van der Waals surface area contributed by atoms with Gasteiger partial charge in [-0.2, -0.15) is 0 Å². The highest BCUT2D eigenvalue weighted by Crippen LogP contribution is 2.27. The van der Waals surface area contributed by atoms with Gasteiger partial charge in [-0.15, -0.1) is 0 Å². The highest BCUT2D eigenvalue weighted by molar-refractivity contribution is 5.35. The molecule has 1 atom stereocenters. The third-order valence-electron chi connectivity index (χ3n) is 2.76. The lowest BCUT2D eigenvalue weighted by molar-refractivity contribution is 0.475. The van der Waals surface area contributed by atoms with Gasteiger partial charge in [0.25, 0.3) is 0 Å². The van der Waals surface area contributed by atoms with Crippen LogP contribution in [0.4, 0.5) is 4.39 Å². The van der Waals surface area contributed by atoms with Crippen molar-refractivity contribution in [2.75, 3.05) is 0 Å². The van der Waals surface area contributed by atoms with Crippen LogP contribution in [0, 0.1) is 5.82 Å². The molecule has 0 radical (unpaired) electrons. The van der Waals surface area contributed by atoms with Crippen LogP contribution >= 0.6 is 0 Å². The van der Waals surface area contributed by atoms with Gasteiger partial charge in [0.2, 0.25) is 0 Å². The van der Waals surface area contributed by atoms with Crippen molar-refractivity contribution >= 4 is 0 Å². The van der Waals surface area contributed by atoms with Crippen molar-refractivity contribution in [2.24, 2.45) is 0 Å². The van der Waals surface area contributed by atoms with E-state index in [1.54, 1.807) is 24.3 Å². The zero-order valence-electron chi connectivity index (χ0n) is 9.02. The van der Waals surface area contributed by atoms with Crippen molar-refractivity contribution in [3.8, 4) is 5.75 Å². The molecular weight excluding hydrogens is 203 g/mol.